The lowest BCUT2D eigenvalue weighted by Gasteiger charge is -2.07. The van der Waals surface area contributed by atoms with Gasteiger partial charge in [-0.1, -0.05) is 6.07 Å². The molecule has 0 saturated carbocycles. The van der Waals surface area contributed by atoms with E-state index in [0.29, 0.717) is 11.3 Å². The van der Waals surface area contributed by atoms with E-state index in [9.17, 15) is 4.79 Å². The van der Waals surface area contributed by atoms with Crippen LogP contribution in [0.25, 0.3) is 16.7 Å². The SMILES string of the molecule is CNc1nc2nncn2c2cc(C=O)ccc12. The molecule has 3 aromatic rings. The Morgan fingerprint density at radius 3 is 3.06 bits per heavy atom. The molecule has 0 atom stereocenters. The summed E-state index contributed by atoms with van der Waals surface area (Å²) in [6, 6.07) is 5.41. The molecule has 0 aliphatic rings. The number of rotatable bonds is 2. The largest absolute Gasteiger partial charge is 0.372 e. The smallest absolute Gasteiger partial charge is 0.257 e. The fraction of sp³-hybridized carbons (Fsp3) is 0.0909. The van der Waals surface area contributed by atoms with Gasteiger partial charge in [-0.05, 0) is 12.1 Å². The first-order chi connectivity index (χ1) is 8.33. The molecule has 6 heteroatoms. The Kier molecular flexibility index (Phi) is 2.01. The van der Waals surface area contributed by atoms with E-state index in [2.05, 4.69) is 20.5 Å². The first-order valence-electron chi connectivity index (χ1n) is 5.10. The van der Waals surface area contributed by atoms with Crippen LogP contribution < -0.4 is 5.32 Å². The number of anilines is 1. The molecule has 0 radical (unpaired) electrons. The first-order valence-corrected chi connectivity index (χ1v) is 5.10. The summed E-state index contributed by atoms with van der Waals surface area (Å²) < 4.78 is 1.75. The number of hydrogen-bond donors (Lipinski definition) is 1. The predicted molar refractivity (Wildman–Crippen MR) is 63.2 cm³/mol. The van der Waals surface area contributed by atoms with Crippen molar-refractivity contribution in [2.45, 2.75) is 0 Å². The van der Waals surface area contributed by atoms with Crippen LogP contribution in [0.15, 0.2) is 24.5 Å². The molecular formula is C11H9N5O. The van der Waals surface area contributed by atoms with Crippen LogP contribution in [-0.4, -0.2) is 32.9 Å². The number of carbonyl (C=O) groups is 1. The molecule has 0 bridgehead atoms. The van der Waals surface area contributed by atoms with E-state index in [1.807, 2.05) is 6.07 Å². The normalized spacial score (nSPS) is 10.9. The molecular weight excluding hydrogens is 218 g/mol. The van der Waals surface area contributed by atoms with Crippen LogP contribution in [0.1, 0.15) is 10.4 Å². The van der Waals surface area contributed by atoms with Crippen molar-refractivity contribution in [1.82, 2.24) is 19.6 Å². The molecule has 0 amide bonds. The number of carbonyl (C=O) groups excluding carboxylic acids is 1. The predicted octanol–water partition coefficient (Wildman–Crippen LogP) is 1.13. The van der Waals surface area contributed by atoms with E-state index in [-0.39, 0.29) is 0 Å². The highest BCUT2D eigenvalue weighted by Gasteiger charge is 2.08. The van der Waals surface area contributed by atoms with Crippen LogP contribution in [-0.2, 0) is 0 Å². The van der Waals surface area contributed by atoms with E-state index >= 15 is 0 Å². The molecule has 0 aliphatic heterocycles. The van der Waals surface area contributed by atoms with E-state index in [0.717, 1.165) is 23.0 Å². The highest BCUT2D eigenvalue weighted by Crippen LogP contribution is 2.22. The average Bonchev–Trinajstić information content (AvgIpc) is 2.85. The summed E-state index contributed by atoms with van der Waals surface area (Å²) in [6.45, 7) is 0. The first kappa shape index (κ1) is 9.71. The lowest BCUT2D eigenvalue weighted by molar-refractivity contribution is 0.112. The van der Waals surface area contributed by atoms with E-state index in [1.165, 1.54) is 0 Å². The number of nitrogens with one attached hydrogen (secondary N) is 1. The summed E-state index contributed by atoms with van der Waals surface area (Å²) in [6.07, 6.45) is 2.40. The Morgan fingerprint density at radius 2 is 2.29 bits per heavy atom. The number of aromatic nitrogens is 4. The quantitative estimate of drug-likeness (QED) is 0.664. The topological polar surface area (TPSA) is 72.2 Å². The third-order valence-electron chi connectivity index (χ3n) is 2.65. The third kappa shape index (κ3) is 1.34. The van der Waals surface area contributed by atoms with Gasteiger partial charge in [-0.15, -0.1) is 10.2 Å². The van der Waals surface area contributed by atoms with Crippen LogP contribution in [0, 0.1) is 0 Å². The minimum absolute atomic E-state index is 0.505. The van der Waals surface area contributed by atoms with E-state index in [1.54, 1.807) is 29.9 Å². The van der Waals surface area contributed by atoms with Gasteiger partial charge in [0.15, 0.2) is 0 Å². The number of fused-ring (bicyclic) bond motifs is 3. The highest BCUT2D eigenvalue weighted by atomic mass is 16.1. The maximum atomic E-state index is 10.8. The molecule has 2 aromatic heterocycles. The summed E-state index contributed by atoms with van der Waals surface area (Å²) in [5.41, 5.74) is 1.47. The Balaban J connectivity index is 2.52. The van der Waals surface area contributed by atoms with Crippen molar-refractivity contribution >= 4 is 28.8 Å². The summed E-state index contributed by atoms with van der Waals surface area (Å²) in [4.78, 5) is 15.1. The zero-order valence-corrected chi connectivity index (χ0v) is 9.08. The van der Waals surface area contributed by atoms with Gasteiger partial charge in [0.1, 0.15) is 18.4 Å². The van der Waals surface area contributed by atoms with Gasteiger partial charge in [-0.2, -0.15) is 4.98 Å². The second-order valence-corrected chi connectivity index (χ2v) is 3.61. The fourth-order valence-corrected chi connectivity index (χ4v) is 1.85. The molecule has 3 rings (SSSR count). The molecule has 0 saturated heterocycles. The molecule has 1 N–H and O–H groups in total. The van der Waals surface area contributed by atoms with Gasteiger partial charge in [0.05, 0.1) is 5.52 Å². The highest BCUT2D eigenvalue weighted by molar-refractivity contribution is 5.94. The molecule has 6 nitrogen and oxygen atoms in total. The Bertz CT molecular complexity index is 718. The maximum absolute atomic E-state index is 10.8. The number of aldehydes is 1. The minimum atomic E-state index is 0.505. The standard InChI is InChI=1S/C11H9N5O/c1-12-10-8-3-2-7(5-17)4-9(8)16-6-13-15-11(16)14-10/h2-6H,1H3,(H,12,14,15). The monoisotopic (exact) mass is 227 g/mol. The maximum Gasteiger partial charge on any atom is 0.257 e. The van der Waals surface area contributed by atoms with Crippen molar-refractivity contribution in [2.24, 2.45) is 0 Å². The van der Waals surface area contributed by atoms with Gasteiger partial charge in [0.2, 0.25) is 0 Å². The molecule has 1 aromatic carbocycles. The van der Waals surface area contributed by atoms with Crippen LogP contribution >= 0.6 is 0 Å². The molecule has 84 valence electrons. The molecule has 0 fully saturated rings. The summed E-state index contributed by atoms with van der Waals surface area (Å²) in [5.74, 6) is 1.22. The van der Waals surface area contributed by atoms with E-state index in [4.69, 9.17) is 0 Å². The van der Waals surface area contributed by atoms with Crippen LogP contribution in [0.3, 0.4) is 0 Å². The average molecular weight is 227 g/mol. The van der Waals surface area contributed by atoms with Crippen LogP contribution in [0.5, 0.6) is 0 Å². The lowest BCUT2D eigenvalue weighted by atomic mass is 10.1. The lowest BCUT2D eigenvalue weighted by Crippen LogP contribution is -1.99. The van der Waals surface area contributed by atoms with Crippen molar-refractivity contribution in [1.29, 1.82) is 0 Å². The van der Waals surface area contributed by atoms with Gasteiger partial charge in [-0.3, -0.25) is 9.20 Å². The van der Waals surface area contributed by atoms with Crippen LogP contribution in [0.2, 0.25) is 0 Å². The molecule has 0 aliphatic carbocycles. The third-order valence-corrected chi connectivity index (χ3v) is 2.65. The number of benzene rings is 1. The fourth-order valence-electron chi connectivity index (χ4n) is 1.85. The molecule has 0 spiro atoms. The summed E-state index contributed by atoms with van der Waals surface area (Å²) >= 11 is 0. The van der Waals surface area contributed by atoms with Crippen LogP contribution in [0.4, 0.5) is 5.82 Å². The summed E-state index contributed by atoms with van der Waals surface area (Å²) in [7, 11) is 1.79. The Morgan fingerprint density at radius 1 is 1.41 bits per heavy atom. The van der Waals surface area contributed by atoms with Gasteiger partial charge in [0, 0.05) is 18.0 Å². The number of nitrogens with zero attached hydrogens (tertiary/aromatic N) is 4. The Hall–Kier alpha value is -2.50. The van der Waals surface area contributed by atoms with Gasteiger partial charge >= 0.3 is 0 Å². The zero-order chi connectivity index (χ0) is 11.8. The Labute approximate surface area is 96.3 Å². The van der Waals surface area contributed by atoms with Crippen molar-refractivity contribution in [3.63, 3.8) is 0 Å². The van der Waals surface area contributed by atoms with Crippen molar-refractivity contribution in [2.75, 3.05) is 12.4 Å². The molecule has 2 heterocycles. The van der Waals surface area contributed by atoms with Crippen molar-refractivity contribution < 1.29 is 4.79 Å². The van der Waals surface area contributed by atoms with Crippen molar-refractivity contribution in [3.05, 3.63) is 30.1 Å². The zero-order valence-electron chi connectivity index (χ0n) is 9.08. The minimum Gasteiger partial charge on any atom is -0.372 e. The molecule has 0 unspecified atom stereocenters. The molecule has 17 heavy (non-hydrogen) atoms. The second kappa shape index (κ2) is 3.51. The van der Waals surface area contributed by atoms with Gasteiger partial charge in [0.25, 0.3) is 5.78 Å². The van der Waals surface area contributed by atoms with Gasteiger partial charge in [-0.25, -0.2) is 0 Å². The van der Waals surface area contributed by atoms with E-state index < -0.39 is 0 Å². The summed E-state index contributed by atoms with van der Waals surface area (Å²) in [5, 5.41) is 11.7. The van der Waals surface area contributed by atoms with Gasteiger partial charge < -0.3 is 5.32 Å². The second-order valence-electron chi connectivity index (χ2n) is 3.61. The van der Waals surface area contributed by atoms with Crippen molar-refractivity contribution in [3.8, 4) is 0 Å². The number of hydrogen-bond acceptors (Lipinski definition) is 5.